The fourth-order valence-electron chi connectivity index (χ4n) is 13.3. The standard InChI is InChI=1S/C61H38B2N4/c1-4-18-37(19-5-1)65-49-30-15-13-27-45(49)62-46-36-43-55-42(34-35-53-60(55)63-44-26-12-14-28-47(44)64-48-29-16-31-50(58(48)63)66(53)38-20-6-2-7-21-38)54-40-24-10-11-25-41(40)57(56(43)54)61(46)67(39-22-8-3-9-23-39)52-33-17-32-51(65)59(52)62/h1-36,54,64H. The van der Waals surface area contributed by atoms with Crippen LogP contribution in [0.1, 0.15) is 22.6 Å². The molecule has 0 radical (unpaired) electrons. The van der Waals surface area contributed by atoms with Crippen LogP contribution in [0.4, 0.5) is 62.6 Å². The van der Waals surface area contributed by atoms with Crippen molar-refractivity contribution in [2.24, 2.45) is 0 Å². The summed E-state index contributed by atoms with van der Waals surface area (Å²) in [6.45, 7) is 0.0127. The molecule has 6 aliphatic rings. The maximum Gasteiger partial charge on any atom is 0.252 e. The summed E-state index contributed by atoms with van der Waals surface area (Å²) in [6.07, 6.45) is 0. The second kappa shape index (κ2) is 13.1. The Kier molecular flexibility index (Phi) is 7.00. The molecule has 4 nitrogen and oxygen atoms in total. The highest BCUT2D eigenvalue weighted by atomic mass is 15.2. The summed E-state index contributed by atoms with van der Waals surface area (Å²) in [7, 11) is 0. The molecule has 0 aromatic heterocycles. The molecule has 1 unspecified atom stereocenters. The van der Waals surface area contributed by atoms with E-state index < -0.39 is 0 Å². The Morgan fingerprint density at radius 1 is 0.343 bits per heavy atom. The van der Waals surface area contributed by atoms with Crippen LogP contribution in [-0.2, 0) is 0 Å². The third-order valence-electron chi connectivity index (χ3n) is 15.6. The van der Waals surface area contributed by atoms with Crippen LogP contribution in [0.25, 0.3) is 22.3 Å². The van der Waals surface area contributed by atoms with E-state index in [1.165, 1.54) is 123 Å². The Labute approximate surface area is 390 Å². The van der Waals surface area contributed by atoms with Gasteiger partial charge in [0, 0.05) is 74.0 Å². The molecular weight excluding hydrogens is 810 g/mol. The number of benzene rings is 10. The van der Waals surface area contributed by atoms with Gasteiger partial charge in [0.05, 0.1) is 0 Å². The van der Waals surface area contributed by atoms with Crippen LogP contribution in [0.15, 0.2) is 218 Å². The fourth-order valence-corrected chi connectivity index (χ4v) is 13.3. The topological polar surface area (TPSA) is 21.8 Å². The molecule has 2 aliphatic carbocycles. The predicted octanol–water partition coefficient (Wildman–Crippen LogP) is 11.3. The number of hydrogen-bond donors (Lipinski definition) is 1. The molecule has 10 aromatic carbocycles. The Morgan fingerprint density at radius 2 is 0.896 bits per heavy atom. The van der Waals surface area contributed by atoms with Crippen LogP contribution in [0.5, 0.6) is 0 Å². The first kappa shape index (κ1) is 35.8. The van der Waals surface area contributed by atoms with Gasteiger partial charge in [0.1, 0.15) is 0 Å². The molecule has 4 aliphatic heterocycles. The number of anilines is 11. The van der Waals surface area contributed by atoms with E-state index in [0.29, 0.717) is 0 Å². The van der Waals surface area contributed by atoms with E-state index in [4.69, 9.17) is 0 Å². The van der Waals surface area contributed by atoms with Crippen molar-refractivity contribution in [2.45, 2.75) is 5.92 Å². The van der Waals surface area contributed by atoms with Crippen LogP contribution < -0.4 is 52.8 Å². The number of nitrogens with one attached hydrogen (secondary N) is 1. The third-order valence-corrected chi connectivity index (χ3v) is 15.6. The molecule has 16 rings (SSSR count). The van der Waals surface area contributed by atoms with Crippen LogP contribution in [0.2, 0.25) is 0 Å². The normalized spacial score (nSPS) is 15.3. The number of fused-ring (bicyclic) bond motifs is 16. The monoisotopic (exact) mass is 848 g/mol. The lowest BCUT2D eigenvalue weighted by Gasteiger charge is -2.45. The van der Waals surface area contributed by atoms with Crippen molar-refractivity contribution in [3.05, 3.63) is 235 Å². The first-order valence-corrected chi connectivity index (χ1v) is 23.6. The number of para-hydroxylation sites is 5. The largest absolute Gasteiger partial charge is 0.356 e. The highest BCUT2D eigenvalue weighted by Crippen LogP contribution is 2.62. The zero-order chi connectivity index (χ0) is 43.5. The maximum absolute atomic E-state index is 3.90. The van der Waals surface area contributed by atoms with Crippen molar-refractivity contribution in [2.75, 3.05) is 20.0 Å². The molecule has 10 aromatic rings. The molecule has 0 fully saturated rings. The lowest BCUT2D eigenvalue weighted by molar-refractivity contribution is 1.05. The first-order valence-electron chi connectivity index (χ1n) is 23.6. The molecular formula is C61H38B2N4. The Bertz CT molecular complexity index is 3780. The minimum absolute atomic E-state index is 0.0126. The van der Waals surface area contributed by atoms with Crippen molar-refractivity contribution < 1.29 is 0 Å². The average Bonchev–Trinajstić information content (AvgIpc) is 3.91. The highest BCUT2D eigenvalue weighted by Gasteiger charge is 2.51. The molecule has 1 atom stereocenters. The highest BCUT2D eigenvalue weighted by molar-refractivity contribution is 7.02. The summed E-state index contributed by atoms with van der Waals surface area (Å²) in [4.78, 5) is 7.63. The van der Waals surface area contributed by atoms with E-state index in [-0.39, 0.29) is 19.3 Å². The van der Waals surface area contributed by atoms with Gasteiger partial charge in [-0.05, 0) is 145 Å². The van der Waals surface area contributed by atoms with Crippen molar-refractivity contribution in [3.8, 4) is 22.3 Å². The van der Waals surface area contributed by atoms with E-state index in [2.05, 4.69) is 238 Å². The van der Waals surface area contributed by atoms with Crippen molar-refractivity contribution in [1.29, 1.82) is 0 Å². The second-order valence-corrected chi connectivity index (χ2v) is 18.7. The quantitative estimate of drug-likeness (QED) is 0.179. The minimum Gasteiger partial charge on any atom is -0.356 e. The van der Waals surface area contributed by atoms with Gasteiger partial charge in [-0.25, -0.2) is 0 Å². The van der Waals surface area contributed by atoms with Crippen LogP contribution in [-0.4, -0.2) is 13.4 Å². The minimum atomic E-state index is -0.0126. The molecule has 308 valence electrons. The van der Waals surface area contributed by atoms with Gasteiger partial charge in [-0.3, -0.25) is 0 Å². The molecule has 1 N–H and O–H groups in total. The van der Waals surface area contributed by atoms with E-state index in [1.807, 2.05) is 0 Å². The third kappa shape index (κ3) is 4.55. The van der Waals surface area contributed by atoms with Gasteiger partial charge in [0.25, 0.3) is 13.4 Å². The van der Waals surface area contributed by atoms with Crippen molar-refractivity contribution >= 4 is 109 Å². The number of hydrogen-bond acceptors (Lipinski definition) is 4. The number of nitrogens with zero attached hydrogens (tertiary/aromatic N) is 3. The zero-order valence-corrected chi connectivity index (χ0v) is 36.4. The molecule has 0 bridgehead atoms. The fraction of sp³-hybridized carbons (Fsp3) is 0.0164. The summed E-state index contributed by atoms with van der Waals surface area (Å²) in [5.74, 6) is 0.100. The van der Waals surface area contributed by atoms with Crippen LogP contribution >= 0.6 is 0 Å². The van der Waals surface area contributed by atoms with Gasteiger partial charge >= 0.3 is 0 Å². The maximum atomic E-state index is 3.90. The first-order chi connectivity index (χ1) is 33.3. The summed E-state index contributed by atoms with van der Waals surface area (Å²) in [5, 5.41) is 3.90. The van der Waals surface area contributed by atoms with Crippen molar-refractivity contribution in [1.82, 2.24) is 0 Å². The molecule has 4 heterocycles. The van der Waals surface area contributed by atoms with Gasteiger partial charge in [0.15, 0.2) is 0 Å². The Morgan fingerprint density at radius 3 is 1.66 bits per heavy atom. The van der Waals surface area contributed by atoms with Gasteiger partial charge in [-0.15, -0.1) is 0 Å². The molecule has 0 spiro atoms. The van der Waals surface area contributed by atoms with E-state index >= 15 is 0 Å². The lowest BCUT2D eigenvalue weighted by atomic mass is 9.32. The molecule has 0 amide bonds. The number of rotatable bonds is 3. The van der Waals surface area contributed by atoms with Crippen LogP contribution in [0.3, 0.4) is 0 Å². The summed E-state index contributed by atoms with van der Waals surface area (Å²) in [5.41, 5.74) is 31.0. The van der Waals surface area contributed by atoms with E-state index in [0.717, 1.165) is 11.4 Å². The summed E-state index contributed by atoms with van der Waals surface area (Å²) >= 11 is 0. The average molecular weight is 849 g/mol. The molecule has 67 heavy (non-hydrogen) atoms. The predicted molar refractivity (Wildman–Crippen MR) is 281 cm³/mol. The van der Waals surface area contributed by atoms with E-state index in [9.17, 15) is 0 Å². The molecule has 0 saturated heterocycles. The SMILES string of the molecule is c1ccc(N2c3ccccc3B3c4cc5c6c(c4N(c4ccccc4)c4cccc2c43)-c2ccccc2C6c2ccc3c(c2-5)B2c4ccccc4Nc4cccc(c42)N3c2ccccc2)cc1. The Hall–Kier alpha value is -8.47. The molecule has 6 heteroatoms. The Balaban J connectivity index is 1.05. The zero-order valence-electron chi connectivity index (χ0n) is 36.4. The second-order valence-electron chi connectivity index (χ2n) is 18.7. The van der Waals surface area contributed by atoms with Crippen molar-refractivity contribution in [3.63, 3.8) is 0 Å². The van der Waals surface area contributed by atoms with Gasteiger partial charge < -0.3 is 20.0 Å². The van der Waals surface area contributed by atoms with Crippen LogP contribution in [0, 0.1) is 0 Å². The molecule has 0 saturated carbocycles. The summed E-state index contributed by atoms with van der Waals surface area (Å²) in [6, 6.07) is 81.8. The summed E-state index contributed by atoms with van der Waals surface area (Å²) < 4.78 is 0. The lowest BCUT2D eigenvalue weighted by Crippen LogP contribution is -2.61. The smallest absolute Gasteiger partial charge is 0.252 e. The van der Waals surface area contributed by atoms with E-state index in [1.54, 1.807) is 0 Å². The van der Waals surface area contributed by atoms with Gasteiger partial charge in [0.2, 0.25) is 0 Å². The van der Waals surface area contributed by atoms with Gasteiger partial charge in [-0.2, -0.15) is 0 Å². The van der Waals surface area contributed by atoms with Gasteiger partial charge in [-0.1, -0.05) is 140 Å².